The summed E-state index contributed by atoms with van der Waals surface area (Å²) in [4.78, 5) is 24.1. The van der Waals surface area contributed by atoms with Crippen LogP contribution in [0.5, 0.6) is 0 Å². The SMILES string of the molecule is CN(Cc1ccoc1)C(=O)Nc1ccc(CC(=O)O)cc1. The molecule has 2 rings (SSSR count). The Morgan fingerprint density at radius 3 is 2.48 bits per heavy atom. The molecule has 0 fully saturated rings. The minimum Gasteiger partial charge on any atom is -0.481 e. The van der Waals surface area contributed by atoms with Crippen LogP contribution in [0, 0.1) is 0 Å². The normalized spacial score (nSPS) is 10.1. The smallest absolute Gasteiger partial charge is 0.321 e. The average Bonchev–Trinajstić information content (AvgIpc) is 2.93. The number of anilines is 1. The molecule has 0 bridgehead atoms. The lowest BCUT2D eigenvalue weighted by Gasteiger charge is -2.17. The van der Waals surface area contributed by atoms with E-state index in [0.29, 0.717) is 17.8 Å². The molecule has 0 atom stereocenters. The van der Waals surface area contributed by atoms with Crippen LogP contribution in [-0.4, -0.2) is 29.1 Å². The highest BCUT2D eigenvalue weighted by atomic mass is 16.4. The molecule has 2 N–H and O–H groups in total. The summed E-state index contributed by atoms with van der Waals surface area (Å²) in [6.45, 7) is 0.444. The first-order chi connectivity index (χ1) is 10.0. The fourth-order valence-electron chi connectivity index (χ4n) is 1.83. The molecule has 21 heavy (non-hydrogen) atoms. The minimum atomic E-state index is -0.883. The summed E-state index contributed by atoms with van der Waals surface area (Å²) in [6, 6.07) is 8.27. The number of carbonyl (C=O) groups is 2. The second kappa shape index (κ2) is 6.60. The van der Waals surface area contributed by atoms with Crippen molar-refractivity contribution in [2.75, 3.05) is 12.4 Å². The maximum Gasteiger partial charge on any atom is 0.321 e. The van der Waals surface area contributed by atoms with Crippen molar-refractivity contribution in [1.82, 2.24) is 4.90 Å². The largest absolute Gasteiger partial charge is 0.481 e. The number of nitrogens with one attached hydrogen (secondary N) is 1. The fourth-order valence-corrected chi connectivity index (χ4v) is 1.83. The average molecular weight is 288 g/mol. The molecule has 0 spiro atoms. The summed E-state index contributed by atoms with van der Waals surface area (Å²) < 4.78 is 4.95. The number of amides is 2. The monoisotopic (exact) mass is 288 g/mol. The number of aliphatic carboxylic acids is 1. The highest BCUT2D eigenvalue weighted by Gasteiger charge is 2.10. The molecule has 0 aliphatic rings. The first-order valence-corrected chi connectivity index (χ1v) is 6.38. The Hall–Kier alpha value is -2.76. The van der Waals surface area contributed by atoms with Crippen molar-refractivity contribution in [3.8, 4) is 0 Å². The minimum absolute atomic E-state index is 0.0331. The molecule has 0 aliphatic carbocycles. The first kappa shape index (κ1) is 14.6. The topological polar surface area (TPSA) is 82.8 Å². The van der Waals surface area contributed by atoms with Crippen LogP contribution < -0.4 is 5.32 Å². The van der Waals surface area contributed by atoms with E-state index in [0.717, 1.165) is 5.56 Å². The highest BCUT2D eigenvalue weighted by Crippen LogP contribution is 2.12. The number of nitrogens with zero attached hydrogens (tertiary/aromatic N) is 1. The summed E-state index contributed by atoms with van der Waals surface area (Å²) in [5, 5.41) is 11.4. The predicted octanol–water partition coefficient (Wildman–Crippen LogP) is 2.57. The van der Waals surface area contributed by atoms with Crippen molar-refractivity contribution >= 4 is 17.7 Å². The number of furan rings is 1. The molecule has 6 heteroatoms. The summed E-state index contributed by atoms with van der Waals surface area (Å²) in [5.41, 5.74) is 2.21. The Bertz CT molecular complexity index is 605. The second-order valence-electron chi connectivity index (χ2n) is 4.69. The third-order valence-corrected chi connectivity index (χ3v) is 2.91. The number of hydrogen-bond donors (Lipinski definition) is 2. The lowest BCUT2D eigenvalue weighted by atomic mass is 10.1. The number of carboxylic acid groups (broad SMARTS) is 1. The van der Waals surface area contributed by atoms with Gasteiger partial charge in [-0.3, -0.25) is 4.79 Å². The van der Waals surface area contributed by atoms with E-state index < -0.39 is 5.97 Å². The van der Waals surface area contributed by atoms with Crippen molar-refractivity contribution in [2.45, 2.75) is 13.0 Å². The van der Waals surface area contributed by atoms with Gasteiger partial charge in [-0.1, -0.05) is 12.1 Å². The Balaban J connectivity index is 1.91. The van der Waals surface area contributed by atoms with Crippen molar-refractivity contribution in [2.24, 2.45) is 0 Å². The van der Waals surface area contributed by atoms with Gasteiger partial charge in [0, 0.05) is 18.3 Å². The van der Waals surface area contributed by atoms with Crippen molar-refractivity contribution in [3.63, 3.8) is 0 Å². The van der Waals surface area contributed by atoms with Gasteiger partial charge in [0.05, 0.1) is 25.5 Å². The van der Waals surface area contributed by atoms with E-state index >= 15 is 0 Å². The van der Waals surface area contributed by atoms with Crippen LogP contribution in [0.1, 0.15) is 11.1 Å². The Kier molecular flexibility index (Phi) is 4.61. The third-order valence-electron chi connectivity index (χ3n) is 2.91. The summed E-state index contributed by atoms with van der Waals surface area (Å²) in [6.07, 6.45) is 3.11. The Labute approximate surface area is 122 Å². The molecule has 0 radical (unpaired) electrons. The van der Waals surface area contributed by atoms with Gasteiger partial charge in [-0.15, -0.1) is 0 Å². The molecule has 0 unspecified atom stereocenters. The third kappa shape index (κ3) is 4.38. The van der Waals surface area contributed by atoms with Crippen molar-refractivity contribution in [1.29, 1.82) is 0 Å². The zero-order valence-electron chi connectivity index (χ0n) is 11.6. The van der Waals surface area contributed by atoms with E-state index in [-0.39, 0.29) is 12.5 Å². The van der Waals surface area contributed by atoms with Crippen molar-refractivity contribution < 1.29 is 19.1 Å². The summed E-state index contributed by atoms with van der Waals surface area (Å²) in [7, 11) is 1.68. The van der Waals surface area contributed by atoms with E-state index in [1.54, 1.807) is 49.9 Å². The van der Waals surface area contributed by atoms with Gasteiger partial charge in [0.1, 0.15) is 0 Å². The lowest BCUT2D eigenvalue weighted by Crippen LogP contribution is -2.30. The predicted molar refractivity (Wildman–Crippen MR) is 77.0 cm³/mol. The molecular formula is C15H16N2O4. The van der Waals surface area contributed by atoms with Gasteiger partial charge in [-0.2, -0.15) is 0 Å². The zero-order valence-corrected chi connectivity index (χ0v) is 11.6. The number of carbonyl (C=O) groups excluding carboxylic acids is 1. The molecule has 1 aromatic heterocycles. The Morgan fingerprint density at radius 1 is 1.19 bits per heavy atom. The quantitative estimate of drug-likeness (QED) is 0.885. The van der Waals surface area contributed by atoms with Crippen molar-refractivity contribution in [3.05, 3.63) is 54.0 Å². The zero-order chi connectivity index (χ0) is 15.2. The second-order valence-corrected chi connectivity index (χ2v) is 4.69. The van der Waals surface area contributed by atoms with Crippen LogP contribution in [0.25, 0.3) is 0 Å². The maximum atomic E-state index is 12.0. The van der Waals surface area contributed by atoms with Crippen LogP contribution in [-0.2, 0) is 17.8 Å². The number of hydrogen-bond acceptors (Lipinski definition) is 3. The number of rotatable bonds is 5. The molecule has 6 nitrogen and oxygen atoms in total. The van der Waals surface area contributed by atoms with Gasteiger partial charge in [0.2, 0.25) is 0 Å². The molecule has 110 valence electrons. The van der Waals surface area contributed by atoms with Gasteiger partial charge in [0.25, 0.3) is 0 Å². The van der Waals surface area contributed by atoms with Crippen LogP contribution in [0.2, 0.25) is 0 Å². The maximum absolute atomic E-state index is 12.0. The van der Waals surface area contributed by atoms with Gasteiger partial charge in [0.15, 0.2) is 0 Å². The molecule has 2 aromatic rings. The van der Waals surface area contributed by atoms with Crippen LogP contribution in [0.15, 0.2) is 47.3 Å². The summed E-state index contributed by atoms with van der Waals surface area (Å²) in [5.74, 6) is -0.883. The van der Waals surface area contributed by atoms with Crippen LogP contribution >= 0.6 is 0 Å². The van der Waals surface area contributed by atoms with Gasteiger partial charge < -0.3 is 19.7 Å². The van der Waals surface area contributed by atoms with E-state index in [1.807, 2.05) is 0 Å². The number of urea groups is 1. The first-order valence-electron chi connectivity index (χ1n) is 6.38. The molecule has 2 amide bonds. The van der Waals surface area contributed by atoms with Crippen LogP contribution in [0.3, 0.4) is 0 Å². The highest BCUT2D eigenvalue weighted by molar-refractivity contribution is 5.89. The molecule has 0 saturated carbocycles. The standard InChI is InChI=1S/C15H16N2O4/c1-17(9-12-6-7-21-10-12)15(20)16-13-4-2-11(3-5-13)8-14(18)19/h2-7,10H,8-9H2,1H3,(H,16,20)(H,18,19). The van der Waals surface area contributed by atoms with Crippen LogP contribution in [0.4, 0.5) is 10.5 Å². The number of carboxylic acids is 1. The van der Waals surface area contributed by atoms with Gasteiger partial charge in [-0.25, -0.2) is 4.79 Å². The molecule has 1 heterocycles. The fraction of sp³-hybridized carbons (Fsp3) is 0.200. The Morgan fingerprint density at radius 2 is 1.90 bits per heavy atom. The van der Waals surface area contributed by atoms with E-state index in [2.05, 4.69) is 5.32 Å². The lowest BCUT2D eigenvalue weighted by molar-refractivity contribution is -0.136. The van der Waals surface area contributed by atoms with Gasteiger partial charge >= 0.3 is 12.0 Å². The van der Waals surface area contributed by atoms with E-state index in [9.17, 15) is 9.59 Å². The molecule has 1 aromatic carbocycles. The molecule has 0 saturated heterocycles. The number of benzene rings is 1. The molecular weight excluding hydrogens is 272 g/mol. The van der Waals surface area contributed by atoms with E-state index in [4.69, 9.17) is 9.52 Å². The summed E-state index contributed by atoms with van der Waals surface area (Å²) >= 11 is 0. The molecule has 0 aliphatic heterocycles. The van der Waals surface area contributed by atoms with E-state index in [1.165, 1.54) is 4.90 Å². The van der Waals surface area contributed by atoms with Gasteiger partial charge in [-0.05, 0) is 23.8 Å².